The lowest BCUT2D eigenvalue weighted by molar-refractivity contribution is 0.202. The second-order valence-corrected chi connectivity index (χ2v) is 6.74. The van der Waals surface area contributed by atoms with E-state index in [0.29, 0.717) is 6.04 Å². The van der Waals surface area contributed by atoms with E-state index in [9.17, 15) is 5.26 Å². The van der Waals surface area contributed by atoms with Crippen molar-refractivity contribution in [1.82, 2.24) is 10.2 Å². The number of rotatable bonds is 6. The maximum absolute atomic E-state index is 9.40. The van der Waals surface area contributed by atoms with Crippen LogP contribution in [0.5, 0.6) is 0 Å². The van der Waals surface area contributed by atoms with Gasteiger partial charge in [-0.15, -0.1) is 0 Å². The molecule has 0 bridgehead atoms. The maximum atomic E-state index is 9.40. The fourth-order valence-electron chi connectivity index (χ4n) is 3.12. The van der Waals surface area contributed by atoms with Gasteiger partial charge < -0.3 is 4.90 Å². The molecule has 0 amide bonds. The summed E-state index contributed by atoms with van der Waals surface area (Å²) in [4.78, 5) is 2.50. The van der Waals surface area contributed by atoms with Crippen LogP contribution in [0.4, 0.5) is 0 Å². The third-order valence-corrected chi connectivity index (χ3v) is 4.76. The molecule has 0 aromatic heterocycles. The predicted octanol–water partition coefficient (Wildman–Crippen LogP) is 3.07. The minimum absolute atomic E-state index is 0.333. The van der Waals surface area contributed by atoms with Gasteiger partial charge >= 0.3 is 0 Å². The molecule has 108 valence electrons. The Labute approximate surface area is 118 Å². The Morgan fingerprint density at radius 3 is 2.32 bits per heavy atom. The highest BCUT2D eigenvalue weighted by Gasteiger charge is 2.32. The second kappa shape index (κ2) is 6.72. The summed E-state index contributed by atoms with van der Waals surface area (Å²) in [6, 6.07) is 3.83. The van der Waals surface area contributed by atoms with Crippen molar-refractivity contribution < 1.29 is 0 Å². The lowest BCUT2D eigenvalue weighted by atomic mass is 9.98. The van der Waals surface area contributed by atoms with E-state index in [4.69, 9.17) is 0 Å². The largest absolute Gasteiger partial charge is 0.303 e. The third-order valence-electron chi connectivity index (χ3n) is 4.76. The minimum Gasteiger partial charge on any atom is -0.303 e. The molecule has 1 N–H and O–H groups in total. The Balaban J connectivity index is 1.77. The summed E-state index contributed by atoms with van der Waals surface area (Å²) in [5.74, 6) is 0. The van der Waals surface area contributed by atoms with Gasteiger partial charge in [0.2, 0.25) is 0 Å². The SMILES string of the molecule is CN(CCC(C)(C#N)NC1CC1)C1CCCCCC1. The summed E-state index contributed by atoms with van der Waals surface area (Å²) in [6.07, 6.45) is 11.7. The molecule has 2 aliphatic carbocycles. The molecule has 2 aliphatic rings. The van der Waals surface area contributed by atoms with Gasteiger partial charge in [-0.3, -0.25) is 5.32 Å². The summed E-state index contributed by atoms with van der Waals surface area (Å²) in [5, 5.41) is 12.9. The van der Waals surface area contributed by atoms with Crippen molar-refractivity contribution in [3.63, 3.8) is 0 Å². The van der Waals surface area contributed by atoms with Gasteiger partial charge in [-0.25, -0.2) is 0 Å². The summed E-state index contributed by atoms with van der Waals surface area (Å²) in [6.45, 7) is 3.10. The van der Waals surface area contributed by atoms with Crippen LogP contribution in [0.2, 0.25) is 0 Å². The van der Waals surface area contributed by atoms with Crippen LogP contribution < -0.4 is 5.32 Å². The van der Waals surface area contributed by atoms with Crippen LogP contribution in [-0.2, 0) is 0 Å². The van der Waals surface area contributed by atoms with E-state index < -0.39 is 0 Å². The highest BCUT2D eigenvalue weighted by atomic mass is 15.1. The van der Waals surface area contributed by atoms with E-state index in [1.54, 1.807) is 0 Å². The highest BCUT2D eigenvalue weighted by Crippen LogP contribution is 2.25. The van der Waals surface area contributed by atoms with Crippen LogP contribution in [0, 0.1) is 11.3 Å². The quantitative estimate of drug-likeness (QED) is 0.749. The molecular formula is C16H29N3. The molecule has 0 aromatic carbocycles. The number of nitrogens with one attached hydrogen (secondary N) is 1. The molecule has 0 heterocycles. The Morgan fingerprint density at radius 2 is 1.79 bits per heavy atom. The van der Waals surface area contributed by atoms with Gasteiger partial charge in [-0.05, 0) is 46.1 Å². The van der Waals surface area contributed by atoms with Gasteiger partial charge in [0.1, 0.15) is 5.54 Å². The van der Waals surface area contributed by atoms with Crippen molar-refractivity contribution in [3.8, 4) is 6.07 Å². The molecule has 0 spiro atoms. The van der Waals surface area contributed by atoms with Gasteiger partial charge in [-0.2, -0.15) is 5.26 Å². The molecule has 2 saturated carbocycles. The zero-order chi connectivity index (χ0) is 13.7. The maximum Gasteiger partial charge on any atom is 0.105 e. The minimum atomic E-state index is -0.333. The zero-order valence-corrected chi connectivity index (χ0v) is 12.6. The molecule has 2 rings (SSSR count). The average molecular weight is 263 g/mol. The van der Waals surface area contributed by atoms with Gasteiger partial charge in [0.25, 0.3) is 0 Å². The predicted molar refractivity (Wildman–Crippen MR) is 78.9 cm³/mol. The normalized spacial score (nSPS) is 24.7. The van der Waals surface area contributed by atoms with Crippen LogP contribution in [-0.4, -0.2) is 36.1 Å². The molecule has 19 heavy (non-hydrogen) atoms. The van der Waals surface area contributed by atoms with Crippen LogP contribution in [0.25, 0.3) is 0 Å². The van der Waals surface area contributed by atoms with Gasteiger partial charge in [0.15, 0.2) is 0 Å². The lowest BCUT2D eigenvalue weighted by Crippen LogP contribution is -2.45. The van der Waals surface area contributed by atoms with E-state index in [2.05, 4.69) is 30.3 Å². The Morgan fingerprint density at radius 1 is 1.16 bits per heavy atom. The van der Waals surface area contributed by atoms with E-state index >= 15 is 0 Å². The molecule has 2 fully saturated rings. The van der Waals surface area contributed by atoms with Crippen molar-refractivity contribution in [2.45, 2.75) is 82.3 Å². The monoisotopic (exact) mass is 263 g/mol. The van der Waals surface area contributed by atoms with E-state index in [1.165, 1.54) is 51.4 Å². The molecule has 0 aliphatic heterocycles. The molecular weight excluding hydrogens is 234 g/mol. The summed E-state index contributed by atoms with van der Waals surface area (Å²) >= 11 is 0. The molecule has 1 unspecified atom stereocenters. The molecule has 3 nitrogen and oxygen atoms in total. The first-order valence-electron chi connectivity index (χ1n) is 8.02. The van der Waals surface area contributed by atoms with Crippen LogP contribution in [0.1, 0.15) is 64.7 Å². The Kier molecular flexibility index (Phi) is 5.24. The smallest absolute Gasteiger partial charge is 0.105 e. The lowest BCUT2D eigenvalue weighted by Gasteiger charge is -2.31. The summed E-state index contributed by atoms with van der Waals surface area (Å²) in [7, 11) is 2.24. The number of nitriles is 1. The standard InChI is InChI=1S/C16H29N3/c1-16(13-17,18-14-9-10-14)11-12-19(2)15-7-5-3-4-6-8-15/h14-15,18H,3-12H2,1-2H3. The molecule has 0 saturated heterocycles. The first kappa shape index (κ1) is 14.8. The van der Waals surface area contributed by atoms with Crippen molar-refractivity contribution in [3.05, 3.63) is 0 Å². The van der Waals surface area contributed by atoms with Crippen molar-refractivity contribution in [2.75, 3.05) is 13.6 Å². The molecule has 3 heteroatoms. The topological polar surface area (TPSA) is 39.1 Å². The van der Waals surface area contributed by atoms with Crippen LogP contribution in [0.15, 0.2) is 0 Å². The zero-order valence-electron chi connectivity index (χ0n) is 12.6. The second-order valence-electron chi connectivity index (χ2n) is 6.74. The average Bonchev–Trinajstić information content (AvgIpc) is 3.22. The molecule has 0 radical (unpaired) electrons. The van der Waals surface area contributed by atoms with E-state index in [-0.39, 0.29) is 5.54 Å². The van der Waals surface area contributed by atoms with Gasteiger partial charge in [0.05, 0.1) is 6.07 Å². The van der Waals surface area contributed by atoms with E-state index in [1.807, 2.05) is 0 Å². The van der Waals surface area contributed by atoms with Crippen molar-refractivity contribution >= 4 is 0 Å². The first-order chi connectivity index (χ1) is 9.13. The Bertz CT molecular complexity index is 310. The molecule has 0 aromatic rings. The first-order valence-corrected chi connectivity index (χ1v) is 8.02. The van der Waals surface area contributed by atoms with Crippen molar-refractivity contribution in [2.24, 2.45) is 0 Å². The van der Waals surface area contributed by atoms with Crippen molar-refractivity contribution in [1.29, 1.82) is 5.26 Å². The highest BCUT2D eigenvalue weighted by molar-refractivity contribution is 5.07. The fraction of sp³-hybridized carbons (Fsp3) is 0.938. The number of hydrogen-bond donors (Lipinski definition) is 1. The number of hydrogen-bond acceptors (Lipinski definition) is 3. The van der Waals surface area contributed by atoms with Gasteiger partial charge in [0, 0.05) is 18.6 Å². The van der Waals surface area contributed by atoms with Crippen LogP contribution in [0.3, 0.4) is 0 Å². The third kappa shape index (κ3) is 4.78. The summed E-state index contributed by atoms with van der Waals surface area (Å²) in [5.41, 5.74) is -0.333. The Hall–Kier alpha value is -0.590. The van der Waals surface area contributed by atoms with Gasteiger partial charge in [-0.1, -0.05) is 25.7 Å². The molecule has 1 atom stereocenters. The number of nitrogens with zero attached hydrogens (tertiary/aromatic N) is 2. The fourth-order valence-corrected chi connectivity index (χ4v) is 3.12. The van der Waals surface area contributed by atoms with Crippen LogP contribution >= 0.6 is 0 Å². The van der Waals surface area contributed by atoms with E-state index in [0.717, 1.165) is 19.0 Å². The summed E-state index contributed by atoms with van der Waals surface area (Å²) < 4.78 is 0.